The van der Waals surface area contributed by atoms with Crippen LogP contribution >= 0.6 is 22.9 Å². The Morgan fingerprint density at radius 3 is 3.00 bits per heavy atom. The lowest BCUT2D eigenvalue weighted by Gasteiger charge is -2.12. The van der Waals surface area contributed by atoms with Crippen molar-refractivity contribution in [1.82, 2.24) is 9.97 Å². The number of nitrogens with zero attached hydrogens (tertiary/aromatic N) is 2. The van der Waals surface area contributed by atoms with Crippen molar-refractivity contribution >= 4 is 28.1 Å². The highest BCUT2D eigenvalue weighted by Gasteiger charge is 2.07. The summed E-state index contributed by atoms with van der Waals surface area (Å²) >= 11 is 7.23. The van der Waals surface area contributed by atoms with Gasteiger partial charge in [0.25, 0.3) is 0 Å². The number of hydrogen-bond donors (Lipinski definition) is 1. The van der Waals surface area contributed by atoms with E-state index < -0.39 is 0 Å². The zero-order valence-corrected chi connectivity index (χ0v) is 9.72. The molecule has 1 atom stereocenters. The standard InChI is InChI=1S/C10H10ClN3S/c1-7(8-3-2-4-12-5-8)13-10-14-9(11)6-15-10/h2-7H,1H3,(H,13,14). The molecule has 0 bridgehead atoms. The van der Waals surface area contributed by atoms with Gasteiger partial charge in [0.15, 0.2) is 5.13 Å². The van der Waals surface area contributed by atoms with Crippen LogP contribution in [-0.2, 0) is 0 Å². The Hall–Kier alpha value is -1.13. The monoisotopic (exact) mass is 239 g/mol. The first-order valence-corrected chi connectivity index (χ1v) is 5.79. The predicted octanol–water partition coefficient (Wildman–Crippen LogP) is 3.36. The van der Waals surface area contributed by atoms with Crippen LogP contribution in [0.3, 0.4) is 0 Å². The zero-order valence-electron chi connectivity index (χ0n) is 8.14. The van der Waals surface area contributed by atoms with Gasteiger partial charge in [0.2, 0.25) is 0 Å². The molecule has 1 unspecified atom stereocenters. The fourth-order valence-electron chi connectivity index (χ4n) is 1.22. The molecule has 0 saturated heterocycles. The van der Waals surface area contributed by atoms with Crippen LogP contribution in [0, 0.1) is 0 Å². The van der Waals surface area contributed by atoms with Crippen LogP contribution in [0.5, 0.6) is 0 Å². The first-order valence-electron chi connectivity index (χ1n) is 4.53. The highest BCUT2D eigenvalue weighted by Crippen LogP contribution is 2.23. The topological polar surface area (TPSA) is 37.8 Å². The van der Waals surface area contributed by atoms with Crippen molar-refractivity contribution in [2.45, 2.75) is 13.0 Å². The van der Waals surface area contributed by atoms with Crippen molar-refractivity contribution in [3.63, 3.8) is 0 Å². The van der Waals surface area contributed by atoms with Gasteiger partial charge in [-0.3, -0.25) is 4.98 Å². The number of nitrogens with one attached hydrogen (secondary N) is 1. The fourth-order valence-corrected chi connectivity index (χ4v) is 2.15. The van der Waals surface area contributed by atoms with E-state index in [9.17, 15) is 0 Å². The molecule has 0 aliphatic heterocycles. The van der Waals surface area contributed by atoms with E-state index in [0.717, 1.165) is 10.7 Å². The van der Waals surface area contributed by atoms with Gasteiger partial charge in [-0.2, -0.15) is 0 Å². The summed E-state index contributed by atoms with van der Waals surface area (Å²) in [4.78, 5) is 8.20. The second-order valence-corrected chi connectivity index (χ2v) is 4.37. The van der Waals surface area contributed by atoms with Crippen molar-refractivity contribution < 1.29 is 0 Å². The number of rotatable bonds is 3. The van der Waals surface area contributed by atoms with E-state index in [0.29, 0.717) is 5.15 Å². The molecule has 0 aliphatic carbocycles. The van der Waals surface area contributed by atoms with Crippen molar-refractivity contribution in [3.05, 3.63) is 40.6 Å². The maximum Gasteiger partial charge on any atom is 0.184 e. The van der Waals surface area contributed by atoms with E-state index in [1.807, 2.05) is 18.3 Å². The van der Waals surface area contributed by atoms with Gasteiger partial charge in [0.1, 0.15) is 5.15 Å². The summed E-state index contributed by atoms with van der Waals surface area (Å²) in [6, 6.07) is 4.13. The molecule has 2 rings (SSSR count). The number of thiazole rings is 1. The molecule has 0 saturated carbocycles. The number of halogens is 1. The fraction of sp³-hybridized carbons (Fsp3) is 0.200. The lowest BCUT2D eigenvalue weighted by Crippen LogP contribution is -2.06. The molecule has 2 heterocycles. The van der Waals surface area contributed by atoms with Gasteiger partial charge in [0, 0.05) is 17.8 Å². The van der Waals surface area contributed by atoms with Gasteiger partial charge in [-0.1, -0.05) is 17.7 Å². The van der Waals surface area contributed by atoms with Crippen molar-refractivity contribution in [2.24, 2.45) is 0 Å². The molecule has 0 spiro atoms. The molecular formula is C10H10ClN3S. The molecule has 2 aromatic heterocycles. The van der Waals surface area contributed by atoms with E-state index in [1.165, 1.54) is 11.3 Å². The molecule has 5 heteroatoms. The minimum absolute atomic E-state index is 0.181. The summed E-state index contributed by atoms with van der Waals surface area (Å²) < 4.78 is 0. The van der Waals surface area contributed by atoms with E-state index >= 15 is 0 Å². The minimum atomic E-state index is 0.181. The van der Waals surface area contributed by atoms with Crippen LogP contribution in [0.1, 0.15) is 18.5 Å². The van der Waals surface area contributed by atoms with E-state index in [1.54, 1.807) is 11.6 Å². The normalized spacial score (nSPS) is 12.4. The van der Waals surface area contributed by atoms with Crippen LogP contribution in [0.4, 0.5) is 5.13 Å². The molecule has 0 aromatic carbocycles. The first kappa shape index (κ1) is 10.4. The third kappa shape index (κ3) is 2.67. The van der Waals surface area contributed by atoms with Crippen molar-refractivity contribution in [1.29, 1.82) is 0 Å². The average molecular weight is 240 g/mol. The van der Waals surface area contributed by atoms with Crippen molar-refractivity contribution in [2.75, 3.05) is 5.32 Å². The number of anilines is 1. The third-order valence-electron chi connectivity index (χ3n) is 2.00. The Kier molecular flexibility index (Phi) is 3.18. The molecule has 78 valence electrons. The SMILES string of the molecule is CC(Nc1nc(Cl)cs1)c1cccnc1. The Bertz CT molecular complexity index is 429. The molecule has 15 heavy (non-hydrogen) atoms. The van der Waals surface area contributed by atoms with Crippen LogP contribution in [-0.4, -0.2) is 9.97 Å². The van der Waals surface area contributed by atoms with Gasteiger partial charge in [-0.05, 0) is 18.6 Å². The van der Waals surface area contributed by atoms with E-state index in [-0.39, 0.29) is 6.04 Å². The Morgan fingerprint density at radius 2 is 2.40 bits per heavy atom. The quantitative estimate of drug-likeness (QED) is 0.893. The summed E-state index contributed by atoms with van der Waals surface area (Å²) in [5, 5.41) is 6.43. The smallest absolute Gasteiger partial charge is 0.184 e. The summed E-state index contributed by atoms with van der Waals surface area (Å²) in [6.45, 7) is 2.06. The average Bonchev–Trinajstić information content (AvgIpc) is 2.65. The number of pyridine rings is 1. The molecule has 3 nitrogen and oxygen atoms in total. The molecule has 1 N–H and O–H groups in total. The summed E-state index contributed by atoms with van der Waals surface area (Å²) in [5.74, 6) is 0. The van der Waals surface area contributed by atoms with Crippen LogP contribution < -0.4 is 5.32 Å². The molecular weight excluding hydrogens is 230 g/mol. The third-order valence-corrected chi connectivity index (χ3v) is 3.10. The van der Waals surface area contributed by atoms with E-state index in [4.69, 9.17) is 11.6 Å². The largest absolute Gasteiger partial charge is 0.355 e. The Balaban J connectivity index is 2.07. The maximum absolute atomic E-state index is 5.74. The number of aromatic nitrogens is 2. The Labute approximate surface area is 97.2 Å². The van der Waals surface area contributed by atoms with Crippen LogP contribution in [0.15, 0.2) is 29.9 Å². The second-order valence-electron chi connectivity index (χ2n) is 3.13. The van der Waals surface area contributed by atoms with Gasteiger partial charge in [-0.25, -0.2) is 4.98 Å². The lowest BCUT2D eigenvalue weighted by atomic mass is 10.1. The van der Waals surface area contributed by atoms with Crippen LogP contribution in [0.2, 0.25) is 5.15 Å². The highest BCUT2D eigenvalue weighted by atomic mass is 35.5. The summed E-state index contributed by atoms with van der Waals surface area (Å²) in [7, 11) is 0. The number of hydrogen-bond acceptors (Lipinski definition) is 4. The zero-order chi connectivity index (χ0) is 10.7. The highest BCUT2D eigenvalue weighted by molar-refractivity contribution is 7.14. The first-order chi connectivity index (χ1) is 7.25. The summed E-state index contributed by atoms with van der Waals surface area (Å²) in [6.07, 6.45) is 3.60. The van der Waals surface area contributed by atoms with Gasteiger partial charge >= 0.3 is 0 Å². The lowest BCUT2D eigenvalue weighted by molar-refractivity contribution is 0.873. The molecule has 0 fully saturated rings. The summed E-state index contributed by atoms with van der Waals surface area (Å²) in [5.41, 5.74) is 1.13. The molecule has 0 aliphatic rings. The van der Waals surface area contributed by atoms with Crippen molar-refractivity contribution in [3.8, 4) is 0 Å². The van der Waals surface area contributed by atoms with E-state index in [2.05, 4.69) is 22.2 Å². The van der Waals surface area contributed by atoms with Gasteiger partial charge in [0.05, 0.1) is 6.04 Å². The van der Waals surface area contributed by atoms with Gasteiger partial charge in [-0.15, -0.1) is 11.3 Å². The Morgan fingerprint density at radius 1 is 1.53 bits per heavy atom. The van der Waals surface area contributed by atoms with Crippen LogP contribution in [0.25, 0.3) is 0 Å². The predicted molar refractivity (Wildman–Crippen MR) is 63.4 cm³/mol. The maximum atomic E-state index is 5.74. The minimum Gasteiger partial charge on any atom is -0.355 e. The molecule has 0 amide bonds. The molecule has 2 aromatic rings. The second kappa shape index (κ2) is 4.59. The van der Waals surface area contributed by atoms with Gasteiger partial charge < -0.3 is 5.32 Å². The molecule has 0 radical (unpaired) electrons.